The largest absolute Gasteiger partial charge is 0.475 e. The summed E-state index contributed by atoms with van der Waals surface area (Å²) >= 11 is 11.3. The Morgan fingerprint density at radius 1 is 1.36 bits per heavy atom. The zero-order chi connectivity index (χ0) is 10.7. The highest BCUT2D eigenvalue weighted by molar-refractivity contribution is 6.47. The van der Waals surface area contributed by atoms with Gasteiger partial charge in [-0.1, -0.05) is 23.7 Å². The van der Waals surface area contributed by atoms with E-state index in [1.54, 1.807) is 18.2 Å². The van der Waals surface area contributed by atoms with Crippen molar-refractivity contribution in [3.8, 4) is 0 Å². The molecule has 0 aliphatic heterocycles. The van der Waals surface area contributed by atoms with E-state index in [4.69, 9.17) is 28.3 Å². The minimum Gasteiger partial charge on any atom is -0.475 e. The summed E-state index contributed by atoms with van der Waals surface area (Å²) < 4.78 is 0. The van der Waals surface area contributed by atoms with Crippen molar-refractivity contribution in [2.24, 2.45) is 0 Å². The molecule has 5 heteroatoms. The molecule has 0 aliphatic carbocycles. The second-order valence-electron chi connectivity index (χ2n) is 2.59. The van der Waals surface area contributed by atoms with Crippen LogP contribution in [0.25, 0.3) is 0 Å². The van der Waals surface area contributed by atoms with Crippen molar-refractivity contribution in [3.05, 3.63) is 34.9 Å². The monoisotopic (exact) mass is 232 g/mol. The Labute approximate surface area is 90.3 Å². The summed E-state index contributed by atoms with van der Waals surface area (Å²) in [5, 5.41) is 7.64. The first-order valence-corrected chi connectivity index (χ1v) is 4.50. The second-order valence-corrected chi connectivity index (χ2v) is 3.46. The molecule has 0 bridgehead atoms. The number of carbonyl (C=O) groups is 2. The SMILES string of the molecule is O=C(O)C(=O)C(Cl)c1cccc(Cl)c1. The molecule has 1 aromatic carbocycles. The van der Waals surface area contributed by atoms with E-state index < -0.39 is 17.1 Å². The van der Waals surface area contributed by atoms with Gasteiger partial charge in [-0.15, -0.1) is 11.6 Å². The van der Waals surface area contributed by atoms with E-state index in [1.807, 2.05) is 0 Å². The molecule has 0 saturated heterocycles. The molecular weight excluding hydrogens is 227 g/mol. The fourth-order valence-corrected chi connectivity index (χ4v) is 1.35. The minimum atomic E-state index is -1.55. The van der Waals surface area contributed by atoms with Gasteiger partial charge in [-0.3, -0.25) is 4.79 Å². The summed E-state index contributed by atoms with van der Waals surface area (Å²) in [6.07, 6.45) is 0. The van der Waals surface area contributed by atoms with Crippen LogP contribution in [0.5, 0.6) is 0 Å². The molecule has 0 spiro atoms. The highest BCUT2D eigenvalue weighted by Gasteiger charge is 2.24. The zero-order valence-electron chi connectivity index (χ0n) is 6.91. The second kappa shape index (κ2) is 4.44. The van der Waals surface area contributed by atoms with Gasteiger partial charge in [-0.25, -0.2) is 4.79 Å². The number of hydrogen-bond donors (Lipinski definition) is 1. The number of rotatable bonds is 3. The van der Waals surface area contributed by atoms with Crippen molar-refractivity contribution < 1.29 is 14.7 Å². The normalized spacial score (nSPS) is 12.1. The van der Waals surface area contributed by atoms with Gasteiger partial charge in [0.15, 0.2) is 0 Å². The molecule has 0 aromatic heterocycles. The number of benzene rings is 1. The maximum atomic E-state index is 11.0. The highest BCUT2D eigenvalue weighted by atomic mass is 35.5. The van der Waals surface area contributed by atoms with Gasteiger partial charge in [0.05, 0.1) is 0 Å². The Morgan fingerprint density at radius 3 is 2.50 bits per heavy atom. The smallest absolute Gasteiger partial charge is 0.374 e. The maximum absolute atomic E-state index is 11.0. The summed E-state index contributed by atoms with van der Waals surface area (Å²) in [7, 11) is 0. The Kier molecular flexibility index (Phi) is 3.49. The molecule has 0 saturated carbocycles. The Hall–Kier alpha value is -1.06. The number of carboxylic acids is 1. The lowest BCUT2D eigenvalue weighted by molar-refractivity contribution is -0.148. The molecular formula is C9H6Cl2O3. The van der Waals surface area contributed by atoms with Gasteiger partial charge in [0.2, 0.25) is 0 Å². The van der Waals surface area contributed by atoms with E-state index in [9.17, 15) is 9.59 Å². The summed E-state index contributed by atoms with van der Waals surface area (Å²) in [6.45, 7) is 0. The summed E-state index contributed by atoms with van der Waals surface area (Å²) in [5.74, 6) is -2.61. The lowest BCUT2D eigenvalue weighted by Crippen LogP contribution is -2.17. The molecule has 3 nitrogen and oxygen atoms in total. The van der Waals surface area contributed by atoms with Crippen LogP contribution < -0.4 is 0 Å². The van der Waals surface area contributed by atoms with Crippen LogP contribution in [0.4, 0.5) is 0 Å². The molecule has 1 aromatic rings. The number of carbonyl (C=O) groups excluding carboxylic acids is 1. The molecule has 0 fully saturated rings. The van der Waals surface area contributed by atoms with Crippen molar-refractivity contribution in [1.82, 2.24) is 0 Å². The third-order valence-electron chi connectivity index (χ3n) is 1.58. The van der Waals surface area contributed by atoms with Gasteiger partial charge in [-0.05, 0) is 17.7 Å². The van der Waals surface area contributed by atoms with Gasteiger partial charge in [0, 0.05) is 5.02 Å². The molecule has 1 unspecified atom stereocenters. The van der Waals surface area contributed by atoms with Crippen molar-refractivity contribution in [1.29, 1.82) is 0 Å². The Bertz CT molecular complexity index is 376. The van der Waals surface area contributed by atoms with Gasteiger partial charge in [-0.2, -0.15) is 0 Å². The molecule has 0 aliphatic rings. The standard InChI is InChI=1S/C9H6Cl2O3/c10-6-3-1-2-5(4-6)7(11)8(12)9(13)14/h1-4,7H,(H,13,14). The van der Waals surface area contributed by atoms with Crippen LogP contribution in [-0.4, -0.2) is 16.9 Å². The van der Waals surface area contributed by atoms with E-state index in [-0.39, 0.29) is 0 Å². The van der Waals surface area contributed by atoms with Gasteiger partial charge < -0.3 is 5.11 Å². The van der Waals surface area contributed by atoms with Crippen molar-refractivity contribution in [2.45, 2.75) is 5.38 Å². The van der Waals surface area contributed by atoms with E-state index in [0.29, 0.717) is 10.6 Å². The molecule has 0 amide bonds. The molecule has 0 heterocycles. The maximum Gasteiger partial charge on any atom is 0.374 e. The number of aliphatic carboxylic acids is 1. The van der Waals surface area contributed by atoms with E-state index in [1.165, 1.54) is 6.07 Å². The summed E-state index contributed by atoms with van der Waals surface area (Å²) in [5.41, 5.74) is 0.381. The Morgan fingerprint density at radius 2 is 2.00 bits per heavy atom. The third-order valence-corrected chi connectivity index (χ3v) is 2.27. The number of carboxylic acid groups (broad SMARTS) is 1. The topological polar surface area (TPSA) is 54.4 Å². The van der Waals surface area contributed by atoms with Crippen molar-refractivity contribution >= 4 is 35.0 Å². The minimum absolute atomic E-state index is 0.381. The van der Waals surface area contributed by atoms with Crippen LogP contribution in [-0.2, 0) is 9.59 Å². The summed E-state index contributed by atoms with van der Waals surface area (Å²) in [4.78, 5) is 21.3. The highest BCUT2D eigenvalue weighted by Crippen LogP contribution is 2.23. The van der Waals surface area contributed by atoms with E-state index in [2.05, 4.69) is 0 Å². The molecule has 1 atom stereocenters. The van der Waals surface area contributed by atoms with Crippen molar-refractivity contribution in [2.75, 3.05) is 0 Å². The van der Waals surface area contributed by atoms with E-state index >= 15 is 0 Å². The molecule has 14 heavy (non-hydrogen) atoms. The molecule has 1 rings (SSSR count). The lowest BCUT2D eigenvalue weighted by Gasteiger charge is -2.05. The zero-order valence-corrected chi connectivity index (χ0v) is 8.42. The predicted octanol–water partition coefficient (Wildman–Crippen LogP) is 2.27. The summed E-state index contributed by atoms with van der Waals surface area (Å²) in [6, 6.07) is 6.21. The third kappa shape index (κ3) is 2.47. The fourth-order valence-electron chi connectivity index (χ4n) is 0.924. The van der Waals surface area contributed by atoms with Crippen LogP contribution in [0.15, 0.2) is 24.3 Å². The van der Waals surface area contributed by atoms with Crippen LogP contribution in [0, 0.1) is 0 Å². The first kappa shape index (κ1) is 11.0. The van der Waals surface area contributed by atoms with Crippen LogP contribution in [0.2, 0.25) is 5.02 Å². The number of hydrogen-bond acceptors (Lipinski definition) is 2. The first-order chi connectivity index (χ1) is 6.52. The lowest BCUT2D eigenvalue weighted by atomic mass is 10.1. The first-order valence-electron chi connectivity index (χ1n) is 3.69. The van der Waals surface area contributed by atoms with Gasteiger partial charge >= 0.3 is 5.97 Å². The number of ketones is 1. The predicted molar refractivity (Wildman–Crippen MR) is 52.7 cm³/mol. The van der Waals surface area contributed by atoms with E-state index in [0.717, 1.165) is 0 Å². The molecule has 74 valence electrons. The fraction of sp³-hybridized carbons (Fsp3) is 0.111. The van der Waals surface area contributed by atoms with Crippen LogP contribution >= 0.6 is 23.2 Å². The quantitative estimate of drug-likeness (QED) is 0.643. The molecule has 1 N–H and O–H groups in total. The number of halogens is 2. The van der Waals surface area contributed by atoms with Gasteiger partial charge in [0.25, 0.3) is 5.78 Å². The average molecular weight is 233 g/mol. The van der Waals surface area contributed by atoms with Crippen molar-refractivity contribution in [3.63, 3.8) is 0 Å². The van der Waals surface area contributed by atoms with Crippen LogP contribution in [0.3, 0.4) is 0 Å². The number of alkyl halides is 1. The van der Waals surface area contributed by atoms with Crippen LogP contribution in [0.1, 0.15) is 10.9 Å². The Balaban J connectivity index is 2.95. The number of Topliss-reactive ketones (excluding diaryl/α,β-unsaturated/α-hetero) is 1. The average Bonchev–Trinajstić information content (AvgIpc) is 2.15. The molecule has 0 radical (unpaired) electrons. The van der Waals surface area contributed by atoms with Gasteiger partial charge in [0.1, 0.15) is 5.38 Å².